The Labute approximate surface area is 133 Å². The maximum absolute atomic E-state index is 12.2. The molecule has 0 aliphatic carbocycles. The Hall–Kier alpha value is -0.560. The number of nitrogens with zero attached hydrogens (tertiary/aromatic N) is 1. The van der Waals surface area contributed by atoms with Crippen molar-refractivity contribution in [1.82, 2.24) is 4.90 Å². The maximum atomic E-state index is 12.2. The van der Waals surface area contributed by atoms with Gasteiger partial charge < -0.3 is 10.2 Å². The van der Waals surface area contributed by atoms with Gasteiger partial charge in [0.05, 0.1) is 50.5 Å². The second-order valence-electron chi connectivity index (χ2n) is 4.06. The van der Waals surface area contributed by atoms with Crippen LogP contribution in [0, 0.1) is 0 Å². The zero-order chi connectivity index (χ0) is 15.2. The summed E-state index contributed by atoms with van der Waals surface area (Å²) in [5.41, 5.74) is -0.303. The number of rotatable bonds is 3. The van der Waals surface area contributed by atoms with E-state index in [9.17, 15) is 14.7 Å². The fraction of sp³-hybridized carbons (Fsp3) is 0.273. The summed E-state index contributed by atoms with van der Waals surface area (Å²) < 4.78 is 0. The minimum absolute atomic E-state index is 0.122. The van der Waals surface area contributed by atoms with Gasteiger partial charge in [0, 0.05) is 0 Å². The van der Waals surface area contributed by atoms with Gasteiger partial charge in [0.25, 0.3) is 11.8 Å². The number of benzene rings is 1. The van der Waals surface area contributed by atoms with E-state index >= 15 is 0 Å². The van der Waals surface area contributed by atoms with Gasteiger partial charge in [0.1, 0.15) is 0 Å². The predicted molar refractivity (Wildman–Crippen MR) is 74.9 cm³/mol. The van der Waals surface area contributed by atoms with E-state index in [1.165, 1.54) is 0 Å². The number of hydrogen-bond donors (Lipinski definition) is 2. The molecule has 0 saturated carbocycles. The first-order valence-electron chi connectivity index (χ1n) is 5.32. The molecule has 0 saturated heterocycles. The quantitative estimate of drug-likeness (QED) is 0.493. The summed E-state index contributed by atoms with van der Waals surface area (Å²) in [7, 11) is 0. The van der Waals surface area contributed by atoms with Crippen LogP contribution in [-0.2, 0) is 0 Å². The van der Waals surface area contributed by atoms with Crippen molar-refractivity contribution in [2.24, 2.45) is 0 Å². The molecule has 108 valence electrons. The second kappa shape index (κ2) is 5.67. The van der Waals surface area contributed by atoms with Crippen LogP contribution in [0.25, 0.3) is 0 Å². The van der Waals surface area contributed by atoms with Gasteiger partial charge in [-0.1, -0.05) is 46.4 Å². The first-order valence-corrected chi connectivity index (χ1v) is 6.83. The zero-order valence-electron chi connectivity index (χ0n) is 9.66. The lowest BCUT2D eigenvalue weighted by molar-refractivity contribution is 0.0426. The van der Waals surface area contributed by atoms with Gasteiger partial charge in [-0.15, -0.1) is 0 Å². The van der Waals surface area contributed by atoms with Gasteiger partial charge in [-0.3, -0.25) is 14.5 Å². The molecule has 1 aromatic rings. The van der Waals surface area contributed by atoms with Crippen LogP contribution in [0.4, 0.5) is 0 Å². The van der Waals surface area contributed by atoms with E-state index in [1.54, 1.807) is 0 Å². The molecule has 2 rings (SSSR count). The standard InChI is InChI=1S/C11H7Cl4NO4/c12-6-4-5(7(13)9(15)8(6)14)11(20)16(10(4)19)1-3(18)2-17/h3,17-18H,1-2H2. The minimum atomic E-state index is -1.26. The Morgan fingerprint density at radius 2 is 1.30 bits per heavy atom. The van der Waals surface area contributed by atoms with E-state index in [0.717, 1.165) is 4.90 Å². The molecular formula is C11H7Cl4NO4. The number of β-amino-alcohol motifs (C(OH)–C–C–N with tert-alkyl or cyclic N) is 1. The van der Waals surface area contributed by atoms with Gasteiger partial charge in [0.15, 0.2) is 0 Å². The summed E-state index contributed by atoms with van der Waals surface area (Å²) in [6.45, 7) is -0.985. The first-order chi connectivity index (χ1) is 9.31. The molecular weight excluding hydrogens is 352 g/mol. The highest BCUT2D eigenvalue weighted by Crippen LogP contribution is 2.44. The highest BCUT2D eigenvalue weighted by atomic mass is 35.5. The van der Waals surface area contributed by atoms with Gasteiger partial charge in [0.2, 0.25) is 0 Å². The Bertz CT molecular complexity index is 572. The molecule has 1 heterocycles. The van der Waals surface area contributed by atoms with Crippen molar-refractivity contribution in [2.45, 2.75) is 6.10 Å². The van der Waals surface area contributed by atoms with E-state index in [-0.39, 0.29) is 37.8 Å². The topological polar surface area (TPSA) is 77.8 Å². The molecule has 1 aliphatic rings. The van der Waals surface area contributed by atoms with Gasteiger partial charge in [-0.05, 0) is 0 Å². The number of halogens is 4. The van der Waals surface area contributed by atoms with Gasteiger partial charge in [-0.25, -0.2) is 0 Å². The lowest BCUT2D eigenvalue weighted by Crippen LogP contribution is -2.38. The van der Waals surface area contributed by atoms with Crippen LogP contribution in [-0.4, -0.2) is 46.2 Å². The highest BCUT2D eigenvalue weighted by molar-refractivity contribution is 6.55. The number of carbonyl (C=O) groups is 2. The smallest absolute Gasteiger partial charge is 0.263 e. The van der Waals surface area contributed by atoms with E-state index in [1.807, 2.05) is 0 Å². The lowest BCUT2D eigenvalue weighted by Gasteiger charge is -2.16. The third kappa shape index (κ3) is 2.28. The number of amides is 2. The fourth-order valence-corrected chi connectivity index (χ4v) is 2.84. The summed E-state index contributed by atoms with van der Waals surface area (Å²) in [5.74, 6) is -1.49. The molecule has 9 heteroatoms. The van der Waals surface area contributed by atoms with Crippen LogP contribution in [0.5, 0.6) is 0 Å². The van der Waals surface area contributed by atoms with E-state index in [2.05, 4.69) is 0 Å². The molecule has 1 aromatic carbocycles. The van der Waals surface area contributed by atoms with Crippen molar-refractivity contribution in [2.75, 3.05) is 13.2 Å². The third-order valence-corrected chi connectivity index (χ3v) is 4.59. The molecule has 0 aromatic heterocycles. The van der Waals surface area contributed by atoms with E-state index < -0.39 is 24.5 Å². The number of imide groups is 1. The molecule has 1 aliphatic heterocycles. The van der Waals surface area contributed by atoms with Crippen LogP contribution in [0.2, 0.25) is 20.1 Å². The monoisotopic (exact) mass is 357 g/mol. The first kappa shape index (κ1) is 15.8. The summed E-state index contributed by atoms with van der Waals surface area (Å²) in [5, 5.41) is 17.6. The van der Waals surface area contributed by atoms with Crippen LogP contribution in [0.15, 0.2) is 0 Å². The average Bonchev–Trinajstić information content (AvgIpc) is 2.67. The molecule has 0 bridgehead atoms. The molecule has 5 nitrogen and oxygen atoms in total. The number of aliphatic hydroxyl groups excluding tert-OH is 2. The van der Waals surface area contributed by atoms with E-state index in [0.29, 0.717) is 0 Å². The maximum Gasteiger partial charge on any atom is 0.263 e. The molecule has 1 atom stereocenters. The Morgan fingerprint density at radius 1 is 0.900 bits per heavy atom. The Balaban J connectivity index is 2.57. The SMILES string of the molecule is O=C1c2c(Cl)c(Cl)c(Cl)c(Cl)c2C(=O)N1CC(O)CO. The van der Waals surface area contributed by atoms with Gasteiger partial charge >= 0.3 is 0 Å². The summed E-state index contributed by atoms with van der Waals surface area (Å²) in [4.78, 5) is 25.1. The largest absolute Gasteiger partial charge is 0.394 e. The van der Waals surface area contributed by atoms with Crippen molar-refractivity contribution in [3.63, 3.8) is 0 Å². The van der Waals surface area contributed by atoms with Crippen LogP contribution in [0.1, 0.15) is 20.7 Å². The van der Waals surface area contributed by atoms with Crippen molar-refractivity contribution < 1.29 is 19.8 Å². The minimum Gasteiger partial charge on any atom is -0.394 e. The second-order valence-corrected chi connectivity index (χ2v) is 5.58. The molecule has 20 heavy (non-hydrogen) atoms. The molecule has 0 radical (unpaired) electrons. The summed E-state index contributed by atoms with van der Waals surface area (Å²) in [6.07, 6.45) is -1.26. The van der Waals surface area contributed by atoms with E-state index in [4.69, 9.17) is 51.5 Å². The van der Waals surface area contributed by atoms with Crippen LogP contribution in [0.3, 0.4) is 0 Å². The third-order valence-electron chi connectivity index (χ3n) is 2.79. The van der Waals surface area contributed by atoms with Crippen molar-refractivity contribution in [1.29, 1.82) is 0 Å². The Morgan fingerprint density at radius 3 is 1.65 bits per heavy atom. The summed E-state index contributed by atoms with van der Waals surface area (Å²) >= 11 is 23.5. The average molecular weight is 359 g/mol. The predicted octanol–water partition coefficient (Wildman–Crippen LogP) is 2.25. The molecule has 2 N–H and O–H groups in total. The van der Waals surface area contributed by atoms with Crippen molar-refractivity contribution in [3.05, 3.63) is 31.2 Å². The van der Waals surface area contributed by atoms with Crippen LogP contribution >= 0.6 is 46.4 Å². The molecule has 1 unspecified atom stereocenters. The molecule has 2 amide bonds. The fourth-order valence-electron chi connectivity index (χ4n) is 1.83. The lowest BCUT2D eigenvalue weighted by atomic mass is 10.1. The number of hydrogen-bond acceptors (Lipinski definition) is 4. The molecule has 0 spiro atoms. The number of fused-ring (bicyclic) bond motifs is 1. The number of aliphatic hydroxyl groups is 2. The number of carbonyl (C=O) groups excluding carboxylic acids is 2. The normalized spacial score (nSPS) is 15.8. The van der Waals surface area contributed by atoms with Crippen molar-refractivity contribution in [3.8, 4) is 0 Å². The van der Waals surface area contributed by atoms with Gasteiger partial charge in [-0.2, -0.15) is 0 Å². The molecule has 0 fully saturated rings. The van der Waals surface area contributed by atoms with Crippen molar-refractivity contribution >= 4 is 58.2 Å². The van der Waals surface area contributed by atoms with Crippen LogP contribution < -0.4 is 0 Å². The highest BCUT2D eigenvalue weighted by Gasteiger charge is 2.42. The summed E-state index contributed by atoms with van der Waals surface area (Å²) in [6, 6.07) is 0. The zero-order valence-corrected chi connectivity index (χ0v) is 12.7. The Kier molecular flexibility index (Phi) is 4.49.